The molecule has 28 heavy (non-hydrogen) atoms. The number of aliphatic carboxylic acids is 1. The fourth-order valence-electron chi connectivity index (χ4n) is 3.96. The van der Waals surface area contributed by atoms with Gasteiger partial charge in [-0.05, 0) is 32.1 Å². The topological polar surface area (TPSA) is 60.4 Å². The second-order valence-electron chi connectivity index (χ2n) is 9.36. The fourth-order valence-corrected chi connectivity index (χ4v) is 3.96. The highest BCUT2D eigenvalue weighted by atomic mass is 16.4. The molecule has 0 aliphatic carbocycles. The van der Waals surface area contributed by atoms with Crippen molar-refractivity contribution in [1.82, 2.24) is 0 Å². The molecule has 1 atom stereocenters. The van der Waals surface area contributed by atoms with Crippen molar-refractivity contribution in [2.45, 2.75) is 122 Å². The molecule has 0 amide bonds. The Morgan fingerprint density at radius 1 is 0.786 bits per heavy atom. The van der Waals surface area contributed by atoms with E-state index in [4.69, 9.17) is 0 Å². The number of quaternary nitrogens is 1. The van der Waals surface area contributed by atoms with Crippen LogP contribution in [0, 0.1) is 0 Å². The molecule has 0 aliphatic rings. The van der Waals surface area contributed by atoms with Crippen LogP contribution in [0.1, 0.15) is 116 Å². The van der Waals surface area contributed by atoms with Gasteiger partial charge >= 0.3 is 0 Å². The molecule has 0 aromatic heterocycles. The van der Waals surface area contributed by atoms with Crippen LogP contribution in [0.25, 0.3) is 0 Å². The van der Waals surface area contributed by atoms with E-state index in [1.807, 2.05) is 0 Å². The van der Waals surface area contributed by atoms with Gasteiger partial charge in [0.15, 0.2) is 0 Å². The molecule has 0 radical (unpaired) electrons. The van der Waals surface area contributed by atoms with Crippen molar-refractivity contribution < 1.29 is 19.5 Å². The lowest BCUT2D eigenvalue weighted by molar-refractivity contribution is -0.893. The standard InChI is InChI=1S/C24H49NO3/c1-4-5-6-7-8-9-10-11-12-13-16-19-23(26)22-25(2,3)21-18-15-14-17-20-24(27)28/h23,26H,4-22H2,1-3H3. The van der Waals surface area contributed by atoms with Gasteiger partial charge in [0, 0.05) is 5.97 Å². The van der Waals surface area contributed by atoms with E-state index in [0.717, 1.165) is 56.1 Å². The number of hydrogen-bond acceptors (Lipinski definition) is 3. The SMILES string of the molecule is CCCCCCCCCCCCCC(O)C[N+](C)(C)CCCCCCC(=O)[O-]. The van der Waals surface area contributed by atoms with Crippen LogP contribution in [0.3, 0.4) is 0 Å². The van der Waals surface area contributed by atoms with E-state index in [1.165, 1.54) is 64.2 Å². The molecule has 0 heterocycles. The van der Waals surface area contributed by atoms with Crippen LogP contribution in [0.5, 0.6) is 0 Å². The number of unbranched alkanes of at least 4 members (excludes halogenated alkanes) is 13. The summed E-state index contributed by atoms with van der Waals surface area (Å²) in [4.78, 5) is 10.4. The number of aliphatic hydroxyl groups excluding tert-OH is 1. The van der Waals surface area contributed by atoms with Crippen molar-refractivity contribution in [3.8, 4) is 0 Å². The normalized spacial score (nSPS) is 13.0. The molecule has 1 N–H and O–H groups in total. The molecule has 0 aliphatic heterocycles. The Kier molecular flexibility index (Phi) is 18.0. The van der Waals surface area contributed by atoms with Crippen LogP contribution in [0.15, 0.2) is 0 Å². The molecule has 4 nitrogen and oxygen atoms in total. The number of rotatable bonds is 21. The lowest BCUT2D eigenvalue weighted by Crippen LogP contribution is -2.46. The van der Waals surface area contributed by atoms with Crippen molar-refractivity contribution in [3.63, 3.8) is 0 Å². The average Bonchev–Trinajstić information content (AvgIpc) is 2.62. The van der Waals surface area contributed by atoms with Crippen LogP contribution >= 0.6 is 0 Å². The van der Waals surface area contributed by atoms with Crippen molar-refractivity contribution in [2.75, 3.05) is 27.2 Å². The number of hydrogen-bond donors (Lipinski definition) is 1. The molecule has 1 unspecified atom stereocenters. The van der Waals surface area contributed by atoms with Crippen LogP contribution in [0.2, 0.25) is 0 Å². The minimum Gasteiger partial charge on any atom is -0.550 e. The summed E-state index contributed by atoms with van der Waals surface area (Å²) >= 11 is 0. The van der Waals surface area contributed by atoms with Crippen molar-refractivity contribution >= 4 is 5.97 Å². The van der Waals surface area contributed by atoms with E-state index >= 15 is 0 Å². The highest BCUT2D eigenvalue weighted by Crippen LogP contribution is 2.14. The Morgan fingerprint density at radius 2 is 1.25 bits per heavy atom. The summed E-state index contributed by atoms with van der Waals surface area (Å²) in [7, 11) is 4.37. The number of aliphatic hydroxyl groups is 1. The predicted octanol–water partition coefficient (Wildman–Crippen LogP) is 4.83. The van der Waals surface area contributed by atoms with E-state index in [-0.39, 0.29) is 12.5 Å². The number of carbonyl (C=O) groups excluding carboxylic acids is 1. The summed E-state index contributed by atoms with van der Waals surface area (Å²) < 4.78 is 0.847. The number of carboxylic acids is 1. The third-order valence-corrected chi connectivity index (χ3v) is 5.74. The molecular weight excluding hydrogens is 350 g/mol. The van der Waals surface area contributed by atoms with Crippen LogP contribution in [-0.4, -0.2) is 48.8 Å². The third kappa shape index (κ3) is 20.1. The lowest BCUT2D eigenvalue weighted by atomic mass is 10.0. The van der Waals surface area contributed by atoms with Gasteiger partial charge in [0.05, 0.1) is 20.6 Å². The molecule has 0 saturated carbocycles. The van der Waals surface area contributed by atoms with Gasteiger partial charge in [-0.15, -0.1) is 0 Å². The van der Waals surface area contributed by atoms with Gasteiger partial charge in [0.1, 0.15) is 12.6 Å². The van der Waals surface area contributed by atoms with E-state index < -0.39 is 5.97 Å². The predicted molar refractivity (Wildman–Crippen MR) is 117 cm³/mol. The largest absolute Gasteiger partial charge is 0.550 e. The first-order chi connectivity index (χ1) is 13.4. The van der Waals surface area contributed by atoms with E-state index in [2.05, 4.69) is 21.0 Å². The Bertz CT molecular complexity index is 358. The zero-order chi connectivity index (χ0) is 21.1. The number of carbonyl (C=O) groups is 1. The van der Waals surface area contributed by atoms with Gasteiger partial charge in [-0.1, -0.05) is 84.0 Å². The van der Waals surface area contributed by atoms with Gasteiger partial charge in [-0.2, -0.15) is 0 Å². The highest BCUT2D eigenvalue weighted by Gasteiger charge is 2.19. The molecule has 0 fully saturated rings. The molecule has 0 spiro atoms. The minimum absolute atomic E-state index is 0.177. The molecule has 0 aromatic carbocycles. The Hall–Kier alpha value is -0.610. The molecule has 0 saturated heterocycles. The zero-order valence-corrected chi connectivity index (χ0v) is 19.2. The maximum atomic E-state index is 10.4. The highest BCUT2D eigenvalue weighted by molar-refractivity contribution is 5.63. The summed E-state index contributed by atoms with van der Waals surface area (Å²) in [5.41, 5.74) is 0. The van der Waals surface area contributed by atoms with Crippen LogP contribution < -0.4 is 5.11 Å². The van der Waals surface area contributed by atoms with Crippen LogP contribution in [0.4, 0.5) is 0 Å². The summed E-state index contributed by atoms with van der Waals surface area (Å²) in [6.45, 7) is 4.13. The summed E-state index contributed by atoms with van der Waals surface area (Å²) in [6, 6.07) is 0. The maximum Gasteiger partial charge on any atom is 0.105 e. The van der Waals surface area contributed by atoms with E-state index in [0.29, 0.717) is 0 Å². The van der Waals surface area contributed by atoms with Gasteiger partial charge in [-0.3, -0.25) is 0 Å². The van der Waals surface area contributed by atoms with Gasteiger partial charge in [0.2, 0.25) is 0 Å². The average molecular weight is 400 g/mol. The molecule has 168 valence electrons. The fraction of sp³-hybridized carbons (Fsp3) is 0.958. The lowest BCUT2D eigenvalue weighted by Gasteiger charge is -2.32. The first kappa shape index (κ1) is 27.4. The Labute approximate surface area is 175 Å². The summed E-state index contributed by atoms with van der Waals surface area (Å²) in [6.07, 6.45) is 19.5. The van der Waals surface area contributed by atoms with Crippen molar-refractivity contribution in [2.24, 2.45) is 0 Å². The number of nitrogens with zero attached hydrogens (tertiary/aromatic N) is 1. The molecule has 0 rings (SSSR count). The summed E-state index contributed by atoms with van der Waals surface area (Å²) in [5.74, 6) is -0.943. The molecular formula is C24H49NO3. The first-order valence-electron chi connectivity index (χ1n) is 12.1. The van der Waals surface area contributed by atoms with Crippen molar-refractivity contribution in [3.05, 3.63) is 0 Å². The Morgan fingerprint density at radius 3 is 1.79 bits per heavy atom. The Balaban J connectivity index is 3.50. The third-order valence-electron chi connectivity index (χ3n) is 5.74. The van der Waals surface area contributed by atoms with Gasteiger partial charge in [-0.25, -0.2) is 0 Å². The first-order valence-corrected chi connectivity index (χ1v) is 12.1. The minimum atomic E-state index is -0.943. The number of likely N-dealkylation sites (N-methyl/N-ethyl adjacent to an activating group) is 1. The smallest absolute Gasteiger partial charge is 0.105 e. The van der Waals surface area contributed by atoms with Crippen molar-refractivity contribution in [1.29, 1.82) is 0 Å². The van der Waals surface area contributed by atoms with E-state index in [9.17, 15) is 15.0 Å². The van der Waals surface area contributed by atoms with Gasteiger partial charge in [0.25, 0.3) is 0 Å². The maximum absolute atomic E-state index is 10.4. The van der Waals surface area contributed by atoms with Gasteiger partial charge < -0.3 is 19.5 Å². The number of carboxylic acid groups (broad SMARTS) is 1. The molecule has 0 bridgehead atoms. The zero-order valence-electron chi connectivity index (χ0n) is 19.2. The molecule has 0 aromatic rings. The summed E-state index contributed by atoms with van der Waals surface area (Å²) in [5, 5.41) is 20.7. The second-order valence-corrected chi connectivity index (χ2v) is 9.36. The van der Waals surface area contributed by atoms with E-state index in [1.54, 1.807) is 0 Å². The monoisotopic (exact) mass is 399 g/mol. The second kappa shape index (κ2) is 18.4. The van der Waals surface area contributed by atoms with Crippen LogP contribution in [-0.2, 0) is 4.79 Å². The molecule has 4 heteroatoms. The quantitative estimate of drug-likeness (QED) is 0.222.